The first kappa shape index (κ1) is 18.0. The number of methoxy groups -OCH3 is 1. The van der Waals surface area contributed by atoms with E-state index in [0.717, 1.165) is 14.0 Å². The van der Waals surface area contributed by atoms with E-state index in [4.69, 9.17) is 5.26 Å². The Morgan fingerprint density at radius 2 is 1.36 bits per heavy atom. The van der Waals surface area contributed by atoms with E-state index in [0.29, 0.717) is 12.1 Å². The van der Waals surface area contributed by atoms with Crippen LogP contribution in [0.1, 0.15) is 23.6 Å². The molecule has 9 heteroatoms. The minimum Gasteiger partial charge on any atom is -0.353 e. The Hall–Kier alpha value is -2.08. The first-order valence-corrected chi connectivity index (χ1v) is 5.66. The van der Waals surface area contributed by atoms with Crippen molar-refractivity contribution in [1.29, 1.82) is 5.26 Å². The molecule has 0 amide bonds. The molecule has 0 aliphatic heterocycles. The Morgan fingerprint density at radius 3 is 1.59 bits per heavy atom. The fourth-order valence-corrected chi connectivity index (χ4v) is 1.81. The average molecular weight is 325 g/mol. The maximum absolute atomic E-state index is 12.8. The van der Waals surface area contributed by atoms with E-state index in [1.54, 1.807) is 0 Å². The van der Waals surface area contributed by atoms with E-state index >= 15 is 0 Å². The summed E-state index contributed by atoms with van der Waals surface area (Å²) in [6.07, 6.45) is -10.2. The van der Waals surface area contributed by atoms with Gasteiger partial charge in [-0.1, -0.05) is 0 Å². The molecule has 0 saturated carbocycles. The molecule has 0 saturated heterocycles. The van der Waals surface area contributed by atoms with Gasteiger partial charge in [0, 0.05) is 12.7 Å². The zero-order valence-electron chi connectivity index (χ0n) is 11.3. The van der Waals surface area contributed by atoms with Crippen LogP contribution in [0.2, 0.25) is 0 Å². The van der Waals surface area contributed by atoms with Crippen LogP contribution in [0.3, 0.4) is 0 Å². The number of carbonyl (C=O) groups excluding carboxylic acids is 1. The average Bonchev–Trinajstić information content (AvgIpc) is 2.38. The molecule has 0 fully saturated rings. The minimum absolute atomic E-state index is 0.0958. The van der Waals surface area contributed by atoms with Gasteiger partial charge in [-0.2, -0.15) is 31.6 Å². The summed E-state index contributed by atoms with van der Waals surface area (Å²) in [5.74, 6) is -1.04. The first-order valence-electron chi connectivity index (χ1n) is 5.66. The number of halogens is 6. The number of hydrogen-bond acceptors (Lipinski definition) is 3. The molecule has 1 unspecified atom stereocenters. The third-order valence-electron chi connectivity index (χ3n) is 2.95. The summed E-state index contributed by atoms with van der Waals surface area (Å²) < 4.78 is 81.2. The van der Waals surface area contributed by atoms with Gasteiger partial charge in [0.25, 0.3) is 0 Å². The van der Waals surface area contributed by atoms with Gasteiger partial charge >= 0.3 is 12.4 Å². The first-order chi connectivity index (χ1) is 9.88. The van der Waals surface area contributed by atoms with Crippen LogP contribution < -0.4 is 0 Å². The SMILES string of the molecule is COC(C#N)(C(C)=O)c1cc(C(F)(F)F)cc(C(F)(F)F)c1. The molecule has 1 rings (SSSR count). The topological polar surface area (TPSA) is 50.1 Å². The highest BCUT2D eigenvalue weighted by Gasteiger charge is 2.43. The molecular formula is C13H9F6NO2. The van der Waals surface area contributed by atoms with Crippen molar-refractivity contribution < 1.29 is 35.9 Å². The summed E-state index contributed by atoms with van der Waals surface area (Å²) in [7, 11) is 0.845. The van der Waals surface area contributed by atoms with Crippen molar-refractivity contribution in [1.82, 2.24) is 0 Å². The highest BCUT2D eigenvalue weighted by molar-refractivity contribution is 5.89. The maximum atomic E-state index is 12.8. The van der Waals surface area contributed by atoms with Gasteiger partial charge in [-0.05, 0) is 25.1 Å². The van der Waals surface area contributed by atoms with Gasteiger partial charge in [0.2, 0.25) is 5.60 Å². The number of ether oxygens (including phenoxy) is 1. The maximum Gasteiger partial charge on any atom is 0.416 e. The molecule has 0 radical (unpaired) electrons. The van der Waals surface area contributed by atoms with Crippen LogP contribution in [0.15, 0.2) is 18.2 Å². The van der Waals surface area contributed by atoms with Crippen molar-refractivity contribution in [2.75, 3.05) is 7.11 Å². The van der Waals surface area contributed by atoms with Crippen LogP contribution in [0.25, 0.3) is 0 Å². The van der Waals surface area contributed by atoms with Gasteiger partial charge in [-0.15, -0.1) is 0 Å². The van der Waals surface area contributed by atoms with Crippen LogP contribution in [-0.4, -0.2) is 12.9 Å². The molecule has 0 aromatic heterocycles. The molecule has 0 N–H and O–H groups in total. The fraction of sp³-hybridized carbons (Fsp3) is 0.385. The van der Waals surface area contributed by atoms with Gasteiger partial charge in [0.1, 0.15) is 6.07 Å². The number of carbonyl (C=O) groups is 1. The molecule has 0 bridgehead atoms. The van der Waals surface area contributed by atoms with E-state index in [1.807, 2.05) is 0 Å². The molecule has 0 spiro atoms. The number of rotatable bonds is 3. The van der Waals surface area contributed by atoms with E-state index in [2.05, 4.69) is 4.74 Å². The Morgan fingerprint density at radius 1 is 1.00 bits per heavy atom. The molecule has 1 atom stereocenters. The molecule has 0 heterocycles. The monoisotopic (exact) mass is 325 g/mol. The summed E-state index contributed by atoms with van der Waals surface area (Å²) in [6.45, 7) is 0.834. The summed E-state index contributed by atoms with van der Waals surface area (Å²) in [4.78, 5) is 11.5. The van der Waals surface area contributed by atoms with E-state index in [9.17, 15) is 31.1 Å². The molecule has 0 aliphatic carbocycles. The summed E-state index contributed by atoms with van der Waals surface area (Å²) in [5, 5.41) is 9.03. The second-order valence-electron chi connectivity index (χ2n) is 4.35. The van der Waals surface area contributed by atoms with Crippen molar-refractivity contribution in [3.8, 4) is 6.07 Å². The fourth-order valence-electron chi connectivity index (χ4n) is 1.81. The molecule has 1 aromatic rings. The number of benzene rings is 1. The van der Waals surface area contributed by atoms with Crippen molar-refractivity contribution in [3.63, 3.8) is 0 Å². The number of nitriles is 1. The van der Waals surface area contributed by atoms with Crippen LogP contribution >= 0.6 is 0 Å². The van der Waals surface area contributed by atoms with Crippen LogP contribution in [0.4, 0.5) is 26.3 Å². The third-order valence-corrected chi connectivity index (χ3v) is 2.95. The number of alkyl halides is 6. The van der Waals surface area contributed by atoms with Crippen molar-refractivity contribution in [2.45, 2.75) is 24.9 Å². The Bertz CT molecular complexity index is 597. The smallest absolute Gasteiger partial charge is 0.353 e. The van der Waals surface area contributed by atoms with Crippen LogP contribution in [0.5, 0.6) is 0 Å². The number of Topliss-reactive ketones (excluding diaryl/α,β-unsaturated/α-hetero) is 1. The predicted molar refractivity (Wildman–Crippen MR) is 61.4 cm³/mol. The van der Waals surface area contributed by atoms with Gasteiger partial charge in [0.15, 0.2) is 5.78 Å². The lowest BCUT2D eigenvalue weighted by Gasteiger charge is -2.24. The van der Waals surface area contributed by atoms with E-state index in [1.165, 1.54) is 6.07 Å². The van der Waals surface area contributed by atoms with Gasteiger partial charge in [-0.3, -0.25) is 4.79 Å². The second kappa shape index (κ2) is 5.61. The lowest BCUT2D eigenvalue weighted by molar-refractivity contribution is -0.144. The lowest BCUT2D eigenvalue weighted by atomic mass is 9.88. The zero-order valence-corrected chi connectivity index (χ0v) is 11.3. The van der Waals surface area contributed by atoms with Gasteiger partial charge in [0.05, 0.1) is 11.1 Å². The molecule has 1 aromatic carbocycles. The summed E-state index contributed by atoms with van der Waals surface area (Å²) in [5.41, 5.74) is -6.63. The highest BCUT2D eigenvalue weighted by atomic mass is 19.4. The highest BCUT2D eigenvalue weighted by Crippen LogP contribution is 2.39. The molecular weight excluding hydrogens is 316 g/mol. The summed E-state index contributed by atoms with van der Waals surface area (Å²) >= 11 is 0. The van der Waals surface area contributed by atoms with Gasteiger partial charge in [-0.25, -0.2) is 0 Å². The quantitative estimate of drug-likeness (QED) is 0.797. The van der Waals surface area contributed by atoms with E-state index in [-0.39, 0.29) is 6.07 Å². The van der Waals surface area contributed by atoms with Gasteiger partial charge < -0.3 is 4.74 Å². The molecule has 120 valence electrons. The van der Waals surface area contributed by atoms with Crippen molar-refractivity contribution in [3.05, 3.63) is 34.9 Å². The van der Waals surface area contributed by atoms with E-state index < -0.39 is 40.4 Å². The Balaban J connectivity index is 3.75. The molecule has 0 aliphatic rings. The standard InChI is InChI=1S/C13H9F6NO2/c1-7(21)11(6-20,22-2)8-3-9(12(14,15)16)5-10(4-8)13(17,18)19/h3-5H,1-2H3. The molecule has 22 heavy (non-hydrogen) atoms. The lowest BCUT2D eigenvalue weighted by Crippen LogP contribution is -2.35. The predicted octanol–water partition coefficient (Wildman–Crippen LogP) is 3.68. The number of nitrogens with zero attached hydrogens (tertiary/aromatic N) is 1. The number of hydrogen-bond donors (Lipinski definition) is 0. The van der Waals surface area contributed by atoms with Crippen LogP contribution in [-0.2, 0) is 27.5 Å². The summed E-state index contributed by atoms with van der Waals surface area (Å²) in [6, 6.07) is 1.83. The largest absolute Gasteiger partial charge is 0.416 e. The van der Waals surface area contributed by atoms with Crippen molar-refractivity contribution >= 4 is 5.78 Å². The zero-order chi connectivity index (χ0) is 17.3. The van der Waals surface area contributed by atoms with Crippen molar-refractivity contribution in [2.24, 2.45) is 0 Å². The number of ketones is 1. The van der Waals surface area contributed by atoms with Crippen LogP contribution in [0, 0.1) is 11.3 Å². The Labute approximate surface area is 121 Å². The third kappa shape index (κ3) is 3.22. The Kier molecular flexibility index (Phi) is 4.58. The minimum atomic E-state index is -5.08. The second-order valence-corrected chi connectivity index (χ2v) is 4.35. The molecule has 3 nitrogen and oxygen atoms in total. The normalized spacial score (nSPS) is 15.0.